The molecule has 33 heavy (non-hydrogen) atoms. The Bertz CT molecular complexity index is 781. The lowest BCUT2D eigenvalue weighted by atomic mass is 9.56. The smallest absolute Gasteiger partial charge is 0.393 e. The summed E-state index contributed by atoms with van der Waals surface area (Å²) >= 11 is 0. The summed E-state index contributed by atoms with van der Waals surface area (Å²) in [6.07, 6.45) is -7.01. The predicted octanol–water partition coefficient (Wildman–Crippen LogP) is 6.31. The fraction of sp³-hybridized carbons (Fsp3) is 0.917. The number of fused-ring (bicyclic) bond motifs is 1. The molecule has 0 spiro atoms. The minimum Gasteiger partial charge on any atom is -0.393 e. The van der Waals surface area contributed by atoms with Crippen LogP contribution in [0.2, 0.25) is 0 Å². The van der Waals surface area contributed by atoms with Crippen molar-refractivity contribution in [2.45, 2.75) is 115 Å². The molecule has 2 aliphatic carbocycles. The van der Waals surface area contributed by atoms with E-state index in [1.54, 1.807) is 6.92 Å². The van der Waals surface area contributed by atoms with Crippen LogP contribution in [0.1, 0.15) is 89.5 Å². The summed E-state index contributed by atoms with van der Waals surface area (Å²) < 4.78 is 102. The van der Waals surface area contributed by atoms with Gasteiger partial charge in [0, 0.05) is 4.11 Å². The highest BCUT2D eigenvalue weighted by molar-refractivity contribution is 5.09. The zero-order chi connectivity index (χ0) is 28.0. The van der Waals surface area contributed by atoms with Gasteiger partial charge in [0.15, 0.2) is 11.2 Å². The van der Waals surface area contributed by atoms with Crippen LogP contribution in [-0.2, 0) is 0 Å². The van der Waals surface area contributed by atoms with Crippen molar-refractivity contribution in [3.8, 4) is 0 Å². The average molecular weight is 492 g/mol. The van der Waals surface area contributed by atoms with Crippen molar-refractivity contribution >= 4 is 0 Å². The molecule has 2 saturated carbocycles. The Morgan fingerprint density at radius 1 is 1.00 bits per heavy atom. The maximum Gasteiger partial charge on any atom is 0.420 e. The largest absolute Gasteiger partial charge is 0.420 e. The maximum absolute atomic E-state index is 13.5. The van der Waals surface area contributed by atoms with Crippen molar-refractivity contribution in [3.63, 3.8) is 0 Å². The van der Waals surface area contributed by atoms with Crippen molar-refractivity contribution in [1.29, 1.82) is 0 Å². The number of halogens is 6. The highest BCUT2D eigenvalue weighted by Crippen LogP contribution is 2.62. The molecule has 0 aromatic rings. The molecule has 2 fully saturated rings. The Labute approximate surface area is 196 Å². The molecular formula is C24H38F6O3. The monoisotopic (exact) mass is 491 g/mol. The van der Waals surface area contributed by atoms with Crippen LogP contribution >= 0.6 is 0 Å². The van der Waals surface area contributed by atoms with Gasteiger partial charge < -0.3 is 15.3 Å². The van der Waals surface area contributed by atoms with Gasteiger partial charge in [0.25, 0.3) is 0 Å². The van der Waals surface area contributed by atoms with Crippen molar-refractivity contribution in [3.05, 3.63) is 12.2 Å². The molecule has 7 atom stereocenters. The van der Waals surface area contributed by atoms with Gasteiger partial charge in [-0.3, -0.25) is 0 Å². The average Bonchev–Trinajstić information content (AvgIpc) is 3.04. The third kappa shape index (κ3) is 5.89. The normalized spacial score (nSPS) is 36.2. The number of allylic oxidation sites excluding steroid dienone is 1. The Hall–Kier alpha value is -0.800. The van der Waals surface area contributed by atoms with E-state index >= 15 is 0 Å². The van der Waals surface area contributed by atoms with Gasteiger partial charge in [0.05, 0.1) is 6.10 Å². The van der Waals surface area contributed by atoms with E-state index in [0.29, 0.717) is 32.3 Å². The van der Waals surface area contributed by atoms with Crippen LogP contribution in [0.5, 0.6) is 0 Å². The van der Waals surface area contributed by atoms with Crippen molar-refractivity contribution in [2.24, 2.45) is 22.7 Å². The highest BCUT2D eigenvalue weighted by atomic mass is 19.4. The zero-order valence-corrected chi connectivity index (χ0v) is 19.4. The van der Waals surface area contributed by atoms with Gasteiger partial charge >= 0.3 is 12.4 Å². The van der Waals surface area contributed by atoms with Gasteiger partial charge in [0.1, 0.15) is 0 Å². The van der Waals surface area contributed by atoms with E-state index < -0.39 is 53.8 Å². The van der Waals surface area contributed by atoms with E-state index in [2.05, 4.69) is 0 Å². The number of alkyl halides is 6. The molecular weight excluding hydrogens is 450 g/mol. The lowest BCUT2D eigenvalue weighted by molar-refractivity contribution is -0.255. The molecule has 194 valence electrons. The highest BCUT2D eigenvalue weighted by Gasteiger charge is 2.56. The Kier molecular flexibility index (Phi) is 6.77. The van der Waals surface area contributed by atoms with Gasteiger partial charge in [-0.1, -0.05) is 26.3 Å². The third-order valence-electron chi connectivity index (χ3n) is 8.29. The van der Waals surface area contributed by atoms with Crippen LogP contribution in [0.25, 0.3) is 0 Å². The first-order chi connectivity index (χ1) is 16.0. The molecule has 0 bridgehead atoms. The summed E-state index contributed by atoms with van der Waals surface area (Å²) in [7, 11) is 0. The van der Waals surface area contributed by atoms with E-state index in [1.165, 1.54) is 6.08 Å². The molecule has 9 heteroatoms. The molecule has 0 amide bonds. The lowest BCUT2D eigenvalue weighted by Gasteiger charge is -2.50. The molecule has 0 aromatic carbocycles. The van der Waals surface area contributed by atoms with Crippen LogP contribution < -0.4 is 0 Å². The summed E-state index contributed by atoms with van der Waals surface area (Å²) in [6.45, 7) is 0.650. The van der Waals surface area contributed by atoms with Crippen molar-refractivity contribution < 1.29 is 45.8 Å². The summed E-state index contributed by atoms with van der Waals surface area (Å²) in [5.41, 5.74) is -8.24. The van der Waals surface area contributed by atoms with Crippen LogP contribution in [0.15, 0.2) is 12.2 Å². The van der Waals surface area contributed by atoms with Crippen LogP contribution in [0.4, 0.5) is 26.3 Å². The third-order valence-corrected chi connectivity index (χ3v) is 8.29. The van der Waals surface area contributed by atoms with E-state index in [4.69, 9.17) is 4.11 Å². The van der Waals surface area contributed by atoms with E-state index in [9.17, 15) is 41.7 Å². The molecule has 3 N–H and O–H groups in total. The topological polar surface area (TPSA) is 60.7 Å². The standard InChI is InChI=1S/C24H38F6O3/c1-19(11-6-14-21(3,32)23(25,26)27,12-7-15-22(4,33)24(28,29)30)18-10-9-16-17(31)8-5-13-20(16,18)2/h6,14,16-18,31-33H,5,7-13,15H2,1-4H3/b14-6-/t16-,17-,18+,19-,20-,21?,22?/m0/s1/i4D3. The molecule has 3 nitrogen and oxygen atoms in total. The summed E-state index contributed by atoms with van der Waals surface area (Å²) in [4.78, 5) is 0. The van der Waals surface area contributed by atoms with Gasteiger partial charge in [-0.15, -0.1) is 0 Å². The van der Waals surface area contributed by atoms with Gasteiger partial charge in [0.2, 0.25) is 0 Å². The number of aliphatic hydroxyl groups excluding tert-OH is 1. The van der Waals surface area contributed by atoms with Crippen molar-refractivity contribution in [1.82, 2.24) is 0 Å². The minimum absolute atomic E-state index is 0.000512. The number of rotatable bonds is 8. The predicted molar refractivity (Wildman–Crippen MR) is 113 cm³/mol. The molecule has 0 heterocycles. The molecule has 0 radical (unpaired) electrons. The second-order valence-corrected chi connectivity index (χ2v) is 10.8. The second kappa shape index (κ2) is 9.34. The number of hydrogen-bond acceptors (Lipinski definition) is 3. The van der Waals surface area contributed by atoms with E-state index in [-0.39, 0.29) is 31.1 Å². The Morgan fingerprint density at radius 3 is 2.18 bits per heavy atom. The molecule has 2 aliphatic rings. The second-order valence-electron chi connectivity index (χ2n) is 10.8. The zero-order valence-electron chi connectivity index (χ0n) is 22.4. The maximum atomic E-state index is 13.5. The summed E-state index contributed by atoms with van der Waals surface area (Å²) in [5.74, 6) is -0.218. The van der Waals surface area contributed by atoms with Crippen LogP contribution in [0, 0.1) is 22.7 Å². The minimum atomic E-state index is -5.39. The fourth-order valence-electron chi connectivity index (χ4n) is 6.25. The number of hydrogen-bond donors (Lipinski definition) is 3. The van der Waals surface area contributed by atoms with Gasteiger partial charge in [-0.25, -0.2) is 0 Å². The van der Waals surface area contributed by atoms with Crippen LogP contribution in [-0.4, -0.2) is 45.0 Å². The Morgan fingerprint density at radius 2 is 1.64 bits per heavy atom. The quantitative estimate of drug-likeness (QED) is 0.275. The number of aliphatic hydroxyl groups is 3. The molecule has 0 aromatic heterocycles. The lowest BCUT2D eigenvalue weighted by Crippen LogP contribution is -2.45. The van der Waals surface area contributed by atoms with Crippen LogP contribution in [0.3, 0.4) is 0 Å². The van der Waals surface area contributed by atoms with Gasteiger partial charge in [-0.2, -0.15) is 26.3 Å². The molecule has 2 rings (SSSR count). The SMILES string of the molecule is [2H]C([2H])([2H])C(O)(CCC[C@](C)(C/C=C\C(C)(O)C(F)(F)F)[C@H]1CC[C@H]2[C@@H](O)CCC[C@]12C)C(F)(F)F. The molecule has 0 saturated heterocycles. The van der Waals surface area contributed by atoms with E-state index in [0.717, 1.165) is 12.8 Å². The summed E-state index contributed by atoms with van der Waals surface area (Å²) in [5, 5.41) is 30.5. The fourth-order valence-corrected chi connectivity index (χ4v) is 6.25. The van der Waals surface area contributed by atoms with Crippen molar-refractivity contribution in [2.75, 3.05) is 0 Å². The molecule has 0 aliphatic heterocycles. The molecule has 2 unspecified atom stereocenters. The first-order valence-corrected chi connectivity index (χ1v) is 11.5. The van der Waals surface area contributed by atoms with E-state index in [1.807, 2.05) is 6.92 Å². The Balaban J connectivity index is 2.35. The first-order valence-electron chi connectivity index (χ1n) is 13.0. The first kappa shape index (κ1) is 23.9. The summed E-state index contributed by atoms with van der Waals surface area (Å²) in [6, 6.07) is 0. The van der Waals surface area contributed by atoms with Gasteiger partial charge in [-0.05, 0) is 93.9 Å².